The lowest BCUT2D eigenvalue weighted by Crippen LogP contribution is -2.29. The van der Waals surface area contributed by atoms with Gasteiger partial charge in [0.05, 0.1) is 24.1 Å². The van der Waals surface area contributed by atoms with Crippen molar-refractivity contribution >= 4 is 45.3 Å². The molecule has 2 aromatic carbocycles. The summed E-state index contributed by atoms with van der Waals surface area (Å²) in [6.45, 7) is 0. The van der Waals surface area contributed by atoms with E-state index in [-0.39, 0.29) is 11.7 Å². The number of carbonyl (C=O) groups excluding carboxylic acids is 2. The molecule has 1 heterocycles. The average molecular weight is 462 g/mol. The van der Waals surface area contributed by atoms with Gasteiger partial charge in [0, 0.05) is 17.1 Å². The highest BCUT2D eigenvalue weighted by molar-refractivity contribution is 9.10. The predicted octanol–water partition coefficient (Wildman–Crippen LogP) is 4.04. The number of hydrogen-bond acceptors (Lipinski definition) is 7. The smallest absolute Gasteiger partial charge is 0.339 e. The van der Waals surface area contributed by atoms with Crippen molar-refractivity contribution in [1.29, 1.82) is 0 Å². The molecule has 0 atom stereocenters. The zero-order valence-corrected chi connectivity index (χ0v) is 17.5. The molecule has 1 amide bonds. The molecule has 0 N–H and O–H groups in total. The van der Waals surface area contributed by atoms with Crippen molar-refractivity contribution in [3.8, 4) is 11.5 Å². The van der Waals surface area contributed by atoms with E-state index in [0.717, 1.165) is 21.8 Å². The first kappa shape index (κ1) is 20.1. The number of methoxy groups -OCH3 is 1. The summed E-state index contributed by atoms with van der Waals surface area (Å²) in [5.41, 5.74) is 1.58. The van der Waals surface area contributed by atoms with Crippen LogP contribution in [0.3, 0.4) is 0 Å². The minimum absolute atomic E-state index is 0.0774. The topological polar surface area (TPSA) is 85.5 Å². The molecule has 28 heavy (non-hydrogen) atoms. The maximum atomic E-state index is 12.6. The van der Waals surface area contributed by atoms with Gasteiger partial charge in [-0.15, -0.1) is 10.2 Å². The van der Waals surface area contributed by atoms with Gasteiger partial charge in [-0.3, -0.25) is 4.79 Å². The Balaban J connectivity index is 1.66. The lowest BCUT2D eigenvalue weighted by molar-refractivity contribution is -0.115. The van der Waals surface area contributed by atoms with Crippen LogP contribution in [-0.2, 0) is 9.53 Å². The highest BCUT2D eigenvalue weighted by Gasteiger charge is 2.20. The number of aromatic nitrogens is 2. The molecule has 0 spiro atoms. The van der Waals surface area contributed by atoms with E-state index in [2.05, 4.69) is 26.1 Å². The molecule has 0 unspecified atom stereocenters. The van der Waals surface area contributed by atoms with Crippen molar-refractivity contribution < 1.29 is 18.7 Å². The maximum Gasteiger partial charge on any atom is 0.339 e. The van der Waals surface area contributed by atoms with E-state index >= 15 is 0 Å². The van der Waals surface area contributed by atoms with Gasteiger partial charge in [-0.2, -0.15) is 0 Å². The monoisotopic (exact) mass is 461 g/mol. The van der Waals surface area contributed by atoms with Crippen LogP contribution in [0.2, 0.25) is 0 Å². The van der Waals surface area contributed by atoms with E-state index in [1.165, 1.54) is 12.0 Å². The summed E-state index contributed by atoms with van der Waals surface area (Å²) in [6, 6.07) is 14.2. The van der Waals surface area contributed by atoms with Gasteiger partial charge in [-0.25, -0.2) is 4.79 Å². The van der Waals surface area contributed by atoms with Crippen LogP contribution in [0, 0.1) is 0 Å². The first-order valence-corrected chi connectivity index (χ1v) is 9.93. The Bertz CT molecular complexity index is 991. The molecular formula is C19H16BrN3O4S. The van der Waals surface area contributed by atoms with Gasteiger partial charge < -0.3 is 14.1 Å². The standard InChI is InChI=1S/C19H16BrN3O4S/c1-23(15-6-4-3-5-14(15)18(25)26-2)16(24)11-28-19-22-21-17(27-19)12-7-9-13(20)10-8-12/h3-10H,11H2,1-2H3. The number of anilines is 1. The second-order valence-electron chi connectivity index (χ2n) is 5.63. The van der Waals surface area contributed by atoms with Crippen LogP contribution in [0.15, 0.2) is 62.6 Å². The van der Waals surface area contributed by atoms with Crippen molar-refractivity contribution in [3.05, 3.63) is 58.6 Å². The zero-order valence-electron chi connectivity index (χ0n) is 15.1. The molecule has 0 fully saturated rings. The van der Waals surface area contributed by atoms with Crippen LogP contribution < -0.4 is 4.90 Å². The largest absolute Gasteiger partial charge is 0.465 e. The third-order valence-corrected chi connectivity index (χ3v) is 5.19. The summed E-state index contributed by atoms with van der Waals surface area (Å²) >= 11 is 4.51. The van der Waals surface area contributed by atoms with Gasteiger partial charge >= 0.3 is 5.97 Å². The molecule has 0 aliphatic heterocycles. The molecule has 0 saturated carbocycles. The Hall–Kier alpha value is -2.65. The first-order valence-electron chi connectivity index (χ1n) is 8.15. The van der Waals surface area contributed by atoms with E-state index in [0.29, 0.717) is 22.4 Å². The number of esters is 1. The summed E-state index contributed by atoms with van der Waals surface area (Å²) in [6.07, 6.45) is 0. The van der Waals surface area contributed by atoms with E-state index < -0.39 is 5.97 Å². The molecule has 3 rings (SSSR count). The van der Waals surface area contributed by atoms with E-state index in [9.17, 15) is 9.59 Å². The predicted molar refractivity (Wildman–Crippen MR) is 109 cm³/mol. The molecule has 0 bridgehead atoms. The number of benzene rings is 2. The summed E-state index contributed by atoms with van der Waals surface area (Å²) in [5, 5.41) is 8.27. The van der Waals surface area contributed by atoms with Gasteiger partial charge in [0.2, 0.25) is 11.8 Å². The van der Waals surface area contributed by atoms with Crippen LogP contribution in [-0.4, -0.2) is 42.0 Å². The quantitative estimate of drug-likeness (QED) is 0.404. The van der Waals surface area contributed by atoms with E-state index in [4.69, 9.17) is 9.15 Å². The van der Waals surface area contributed by atoms with Crippen molar-refractivity contribution in [2.24, 2.45) is 0 Å². The van der Waals surface area contributed by atoms with Crippen LogP contribution in [0.25, 0.3) is 11.5 Å². The highest BCUT2D eigenvalue weighted by atomic mass is 79.9. The minimum atomic E-state index is -0.501. The maximum absolute atomic E-state index is 12.6. The lowest BCUT2D eigenvalue weighted by atomic mass is 10.1. The molecule has 9 heteroatoms. The second-order valence-corrected chi connectivity index (χ2v) is 7.47. The number of halogens is 1. The molecule has 144 valence electrons. The summed E-state index contributed by atoms with van der Waals surface area (Å²) < 4.78 is 11.3. The number of ether oxygens (including phenoxy) is 1. The Morgan fingerprint density at radius 1 is 1.14 bits per heavy atom. The molecule has 7 nitrogen and oxygen atoms in total. The molecule has 0 aliphatic carbocycles. The minimum Gasteiger partial charge on any atom is -0.465 e. The number of carbonyl (C=O) groups is 2. The number of para-hydroxylation sites is 1. The third-order valence-electron chi connectivity index (χ3n) is 3.86. The molecular weight excluding hydrogens is 446 g/mol. The normalized spacial score (nSPS) is 10.5. The summed E-state index contributed by atoms with van der Waals surface area (Å²) in [4.78, 5) is 25.9. The van der Waals surface area contributed by atoms with Gasteiger partial charge in [0.15, 0.2) is 0 Å². The fourth-order valence-electron chi connectivity index (χ4n) is 2.38. The van der Waals surface area contributed by atoms with Crippen molar-refractivity contribution in [2.75, 3.05) is 24.8 Å². The van der Waals surface area contributed by atoms with Crippen LogP contribution in [0.5, 0.6) is 0 Å². The Morgan fingerprint density at radius 2 is 1.86 bits per heavy atom. The Labute approximate surface area is 174 Å². The van der Waals surface area contributed by atoms with Gasteiger partial charge in [-0.05, 0) is 36.4 Å². The number of thioether (sulfide) groups is 1. The lowest BCUT2D eigenvalue weighted by Gasteiger charge is -2.19. The molecule has 1 aromatic heterocycles. The third kappa shape index (κ3) is 4.60. The average Bonchev–Trinajstić information content (AvgIpc) is 3.20. The van der Waals surface area contributed by atoms with Crippen LogP contribution in [0.1, 0.15) is 10.4 Å². The summed E-state index contributed by atoms with van der Waals surface area (Å²) in [7, 11) is 2.90. The van der Waals surface area contributed by atoms with Crippen molar-refractivity contribution in [2.45, 2.75) is 5.22 Å². The van der Waals surface area contributed by atoms with Crippen LogP contribution >= 0.6 is 27.7 Å². The number of rotatable bonds is 6. The Kier molecular flexibility index (Phi) is 6.48. The van der Waals surface area contributed by atoms with Crippen molar-refractivity contribution in [1.82, 2.24) is 10.2 Å². The van der Waals surface area contributed by atoms with Gasteiger partial charge in [-0.1, -0.05) is 39.8 Å². The number of amides is 1. The highest BCUT2D eigenvalue weighted by Crippen LogP contribution is 2.26. The summed E-state index contributed by atoms with van der Waals surface area (Å²) in [5.74, 6) is -0.260. The number of nitrogens with zero attached hydrogens (tertiary/aromatic N) is 3. The van der Waals surface area contributed by atoms with E-state index in [1.54, 1.807) is 31.3 Å². The van der Waals surface area contributed by atoms with Crippen LogP contribution in [0.4, 0.5) is 5.69 Å². The second kappa shape index (κ2) is 9.03. The number of hydrogen-bond donors (Lipinski definition) is 0. The first-order chi connectivity index (χ1) is 13.5. The molecule has 3 aromatic rings. The fraction of sp³-hybridized carbons (Fsp3) is 0.158. The fourth-order valence-corrected chi connectivity index (χ4v) is 3.32. The molecule has 0 aliphatic rings. The Morgan fingerprint density at radius 3 is 2.57 bits per heavy atom. The van der Waals surface area contributed by atoms with E-state index in [1.807, 2.05) is 24.3 Å². The van der Waals surface area contributed by atoms with Gasteiger partial charge in [0.1, 0.15) is 0 Å². The van der Waals surface area contributed by atoms with Gasteiger partial charge in [0.25, 0.3) is 5.22 Å². The molecule has 0 radical (unpaired) electrons. The molecule has 0 saturated heterocycles. The SMILES string of the molecule is COC(=O)c1ccccc1N(C)C(=O)CSc1nnc(-c2ccc(Br)cc2)o1. The zero-order chi connectivity index (χ0) is 20.1. The van der Waals surface area contributed by atoms with Crippen molar-refractivity contribution in [3.63, 3.8) is 0 Å².